The monoisotopic (exact) mass is 307 g/mol. The molecule has 21 heavy (non-hydrogen) atoms. The van der Waals surface area contributed by atoms with Crippen LogP contribution in [0.15, 0.2) is 0 Å². The third kappa shape index (κ3) is 4.64. The highest BCUT2D eigenvalue weighted by Crippen LogP contribution is 2.27. The Bertz CT molecular complexity index is 416. The Balaban J connectivity index is 3.05. The molecule has 0 saturated carbocycles. The number of halogens is 1. The lowest BCUT2D eigenvalue weighted by Gasteiger charge is -2.41. The zero-order valence-corrected chi connectivity index (χ0v) is 11.9. The smallest absolute Gasteiger partial charge is 0.305 e. The van der Waals surface area contributed by atoms with Gasteiger partial charge in [0.05, 0.1) is 6.61 Å². The van der Waals surface area contributed by atoms with Gasteiger partial charge in [0, 0.05) is 20.8 Å². The van der Waals surface area contributed by atoms with Crippen molar-refractivity contribution in [3.05, 3.63) is 0 Å². The highest BCUT2D eigenvalue weighted by molar-refractivity contribution is 5.73. The van der Waals surface area contributed by atoms with Gasteiger partial charge >= 0.3 is 11.9 Å². The summed E-state index contributed by atoms with van der Waals surface area (Å²) in [5.41, 5.74) is 0. The first-order valence-electron chi connectivity index (χ1n) is 6.28. The Morgan fingerprint density at radius 1 is 1.19 bits per heavy atom. The van der Waals surface area contributed by atoms with Gasteiger partial charge < -0.3 is 24.6 Å². The molecular weight excluding hydrogens is 289 g/mol. The molecule has 0 spiro atoms. The molecule has 1 aliphatic rings. The Labute approximate surface area is 120 Å². The van der Waals surface area contributed by atoms with Gasteiger partial charge in [-0.3, -0.25) is 14.4 Å². The topological polar surface area (TPSA) is 111 Å². The minimum absolute atomic E-state index is 0.549. The molecule has 1 fully saturated rings. The Morgan fingerprint density at radius 2 is 1.76 bits per heavy atom. The molecule has 1 aliphatic heterocycles. The van der Waals surface area contributed by atoms with Gasteiger partial charge in [0.15, 0.2) is 12.3 Å². The fourth-order valence-electron chi connectivity index (χ4n) is 2.02. The zero-order valence-electron chi connectivity index (χ0n) is 11.9. The largest absolute Gasteiger partial charge is 0.457 e. The number of esters is 2. The van der Waals surface area contributed by atoms with Crippen molar-refractivity contribution >= 4 is 17.8 Å². The second-order valence-corrected chi connectivity index (χ2v) is 4.58. The molecule has 0 aromatic carbocycles. The van der Waals surface area contributed by atoms with Gasteiger partial charge in [-0.05, 0) is 0 Å². The Morgan fingerprint density at radius 3 is 2.19 bits per heavy atom. The van der Waals surface area contributed by atoms with Gasteiger partial charge in [0.25, 0.3) is 0 Å². The van der Waals surface area contributed by atoms with Gasteiger partial charge in [-0.2, -0.15) is 0 Å². The van der Waals surface area contributed by atoms with Gasteiger partial charge in [0.1, 0.15) is 12.1 Å². The number of amides is 1. The predicted molar refractivity (Wildman–Crippen MR) is 65.6 cm³/mol. The van der Waals surface area contributed by atoms with E-state index in [1.165, 1.54) is 6.92 Å². The molecule has 120 valence electrons. The second-order valence-electron chi connectivity index (χ2n) is 4.58. The van der Waals surface area contributed by atoms with Crippen molar-refractivity contribution in [3.8, 4) is 0 Å². The standard InChI is InChI=1S/C12H18FNO7/c1-5(16)14-10-11(19-6(2)17)9(13)8(4-15)21-12(10)20-7(3)18/h8-12,15H,4H2,1-3H3,(H,14,16)/t8-,9-,10+,11+,12+/m1/s1. The first kappa shape index (κ1) is 17.3. The number of ether oxygens (including phenoxy) is 3. The first-order valence-corrected chi connectivity index (χ1v) is 6.28. The maximum Gasteiger partial charge on any atom is 0.305 e. The van der Waals surface area contributed by atoms with Crippen molar-refractivity contribution in [1.82, 2.24) is 5.32 Å². The van der Waals surface area contributed by atoms with E-state index in [4.69, 9.17) is 19.3 Å². The lowest BCUT2D eigenvalue weighted by Crippen LogP contribution is -2.64. The molecule has 0 aromatic heterocycles. The molecule has 1 heterocycles. The molecule has 1 amide bonds. The third-order valence-corrected chi connectivity index (χ3v) is 2.76. The van der Waals surface area contributed by atoms with Crippen LogP contribution >= 0.6 is 0 Å². The van der Waals surface area contributed by atoms with E-state index in [2.05, 4.69) is 5.32 Å². The Hall–Kier alpha value is -1.74. The molecule has 0 unspecified atom stereocenters. The number of carbonyl (C=O) groups is 3. The van der Waals surface area contributed by atoms with E-state index in [1.807, 2.05) is 0 Å². The number of rotatable bonds is 4. The lowest BCUT2D eigenvalue weighted by atomic mass is 9.97. The van der Waals surface area contributed by atoms with Crippen molar-refractivity contribution < 1.29 is 38.1 Å². The SMILES string of the molecule is CC(=O)N[C@@H]1[C@@H](OC(C)=O)O[C@H](CO)[C@@H](F)[C@@H]1OC(C)=O. The average molecular weight is 307 g/mol. The minimum atomic E-state index is -1.89. The van der Waals surface area contributed by atoms with E-state index in [0.29, 0.717) is 0 Å². The van der Waals surface area contributed by atoms with Crippen LogP contribution < -0.4 is 5.32 Å². The molecule has 9 heteroatoms. The molecular formula is C12H18FNO7. The normalized spacial score (nSPS) is 32.1. The van der Waals surface area contributed by atoms with Crippen LogP contribution in [0.5, 0.6) is 0 Å². The zero-order chi connectivity index (χ0) is 16.2. The van der Waals surface area contributed by atoms with Crippen LogP contribution in [0.4, 0.5) is 4.39 Å². The number of aliphatic hydroxyl groups is 1. The van der Waals surface area contributed by atoms with Crippen LogP contribution in [0.25, 0.3) is 0 Å². The van der Waals surface area contributed by atoms with Crippen LogP contribution in [0.1, 0.15) is 20.8 Å². The van der Waals surface area contributed by atoms with Crippen LogP contribution in [-0.4, -0.2) is 60.3 Å². The molecule has 5 atom stereocenters. The van der Waals surface area contributed by atoms with E-state index in [9.17, 15) is 18.8 Å². The Kier molecular flexibility index (Phi) is 6.03. The molecule has 1 saturated heterocycles. The van der Waals surface area contributed by atoms with Gasteiger partial charge in [-0.25, -0.2) is 4.39 Å². The highest BCUT2D eigenvalue weighted by atomic mass is 19.1. The fraction of sp³-hybridized carbons (Fsp3) is 0.750. The third-order valence-electron chi connectivity index (χ3n) is 2.76. The predicted octanol–water partition coefficient (Wildman–Crippen LogP) is -0.959. The van der Waals surface area contributed by atoms with Crippen molar-refractivity contribution in [2.24, 2.45) is 0 Å². The summed E-state index contributed by atoms with van der Waals surface area (Å²) < 4.78 is 29.0. The van der Waals surface area contributed by atoms with E-state index in [-0.39, 0.29) is 0 Å². The summed E-state index contributed by atoms with van der Waals surface area (Å²) >= 11 is 0. The van der Waals surface area contributed by atoms with E-state index in [1.54, 1.807) is 0 Å². The van der Waals surface area contributed by atoms with Gasteiger partial charge in [0.2, 0.25) is 12.2 Å². The minimum Gasteiger partial charge on any atom is -0.457 e. The van der Waals surface area contributed by atoms with Crippen molar-refractivity contribution in [2.75, 3.05) is 6.61 Å². The fourth-order valence-corrected chi connectivity index (χ4v) is 2.02. The molecule has 8 nitrogen and oxygen atoms in total. The summed E-state index contributed by atoms with van der Waals surface area (Å²) in [6, 6.07) is -1.21. The molecule has 0 radical (unpaired) electrons. The molecule has 0 bridgehead atoms. The van der Waals surface area contributed by atoms with Crippen LogP contribution in [0, 0.1) is 0 Å². The van der Waals surface area contributed by atoms with Crippen LogP contribution in [0.3, 0.4) is 0 Å². The average Bonchev–Trinajstić information content (AvgIpc) is 2.35. The van der Waals surface area contributed by atoms with Crippen molar-refractivity contribution in [3.63, 3.8) is 0 Å². The summed E-state index contributed by atoms with van der Waals surface area (Å²) in [4.78, 5) is 33.4. The second kappa shape index (κ2) is 7.32. The number of hydrogen-bond donors (Lipinski definition) is 2. The summed E-state index contributed by atoms with van der Waals surface area (Å²) in [5, 5.41) is 11.4. The van der Waals surface area contributed by atoms with Gasteiger partial charge in [-0.15, -0.1) is 0 Å². The van der Waals surface area contributed by atoms with Crippen molar-refractivity contribution in [2.45, 2.75) is 51.5 Å². The van der Waals surface area contributed by atoms with Gasteiger partial charge in [-0.1, -0.05) is 0 Å². The summed E-state index contributed by atoms with van der Waals surface area (Å²) in [5.74, 6) is -2.06. The molecule has 1 rings (SSSR count). The van der Waals surface area contributed by atoms with E-state index >= 15 is 0 Å². The molecule has 2 N–H and O–H groups in total. The summed E-state index contributed by atoms with van der Waals surface area (Å²) in [6.07, 6.45) is -6.05. The summed E-state index contributed by atoms with van der Waals surface area (Å²) in [6.45, 7) is 2.64. The van der Waals surface area contributed by atoms with Crippen LogP contribution in [0.2, 0.25) is 0 Å². The van der Waals surface area contributed by atoms with E-state index < -0.39 is 55.2 Å². The molecule has 0 aromatic rings. The quantitative estimate of drug-likeness (QED) is 0.643. The van der Waals surface area contributed by atoms with E-state index in [0.717, 1.165) is 13.8 Å². The van der Waals surface area contributed by atoms with Crippen molar-refractivity contribution in [1.29, 1.82) is 0 Å². The maximum absolute atomic E-state index is 14.2. The van der Waals surface area contributed by atoms with Crippen LogP contribution in [-0.2, 0) is 28.6 Å². The number of carbonyl (C=O) groups excluding carboxylic acids is 3. The number of alkyl halides is 1. The highest BCUT2D eigenvalue weighted by Gasteiger charge is 2.50. The number of hydrogen-bond acceptors (Lipinski definition) is 7. The molecule has 0 aliphatic carbocycles. The first-order chi connectivity index (χ1) is 9.76. The maximum atomic E-state index is 14.2. The summed E-state index contributed by atoms with van der Waals surface area (Å²) in [7, 11) is 0. The number of nitrogens with one attached hydrogen (secondary N) is 1. The number of aliphatic hydroxyl groups excluding tert-OH is 1. The lowest BCUT2D eigenvalue weighted by molar-refractivity contribution is -0.255.